The van der Waals surface area contributed by atoms with Gasteiger partial charge in [0.05, 0.1) is 16.8 Å². The number of anilines is 1. The number of nitrogens with one attached hydrogen (secondary N) is 1. The smallest absolute Gasteiger partial charge is 0.265 e. The first-order chi connectivity index (χ1) is 13.4. The number of carbonyl (C=O) groups is 2. The number of hydrogen-bond acceptors (Lipinski definition) is 6. The molecule has 7 nitrogen and oxygen atoms in total. The molecule has 3 aromatic rings. The van der Waals surface area contributed by atoms with Crippen molar-refractivity contribution in [2.75, 3.05) is 19.4 Å². The monoisotopic (exact) mass is 396 g/mol. The van der Waals surface area contributed by atoms with E-state index in [0.29, 0.717) is 40.0 Å². The Kier molecular flexibility index (Phi) is 4.50. The molecule has 8 heteroatoms. The van der Waals surface area contributed by atoms with Gasteiger partial charge in [0.25, 0.3) is 5.91 Å². The third-order valence-corrected chi connectivity index (χ3v) is 5.92. The minimum absolute atomic E-state index is 0.124. The van der Waals surface area contributed by atoms with E-state index in [0.717, 1.165) is 5.56 Å². The summed E-state index contributed by atoms with van der Waals surface area (Å²) in [6.45, 7) is 1.76. The molecule has 1 aromatic carbocycles. The molecule has 1 N–H and O–H groups in total. The number of rotatable bonds is 5. The molecule has 4 rings (SSSR count). The van der Waals surface area contributed by atoms with E-state index in [1.54, 1.807) is 21.0 Å². The summed E-state index contributed by atoms with van der Waals surface area (Å²) < 4.78 is 5.47. The van der Waals surface area contributed by atoms with Crippen molar-refractivity contribution in [3.8, 4) is 11.3 Å². The SMILES string of the molecule is Cc1nc(NC(=O)C2(c3cc(-c4ccccc4)on3)CC2)sc1C(=O)N(C)C. The average Bonchev–Trinajstić information content (AvgIpc) is 3.20. The summed E-state index contributed by atoms with van der Waals surface area (Å²) in [6, 6.07) is 11.5. The molecule has 144 valence electrons. The van der Waals surface area contributed by atoms with Crippen molar-refractivity contribution in [2.45, 2.75) is 25.2 Å². The van der Waals surface area contributed by atoms with Gasteiger partial charge in [-0.3, -0.25) is 9.59 Å². The third-order valence-electron chi connectivity index (χ3n) is 4.86. The Morgan fingerprint density at radius 2 is 1.93 bits per heavy atom. The second-order valence-electron chi connectivity index (χ2n) is 7.11. The molecule has 0 spiro atoms. The Bertz CT molecular complexity index is 1030. The van der Waals surface area contributed by atoms with Crippen molar-refractivity contribution < 1.29 is 14.1 Å². The number of nitrogens with zero attached hydrogens (tertiary/aromatic N) is 3. The summed E-state index contributed by atoms with van der Waals surface area (Å²) in [5.41, 5.74) is 1.46. The number of carbonyl (C=O) groups excluding carboxylic acids is 2. The van der Waals surface area contributed by atoms with Gasteiger partial charge >= 0.3 is 0 Å². The second-order valence-corrected chi connectivity index (χ2v) is 8.11. The number of thiazole rings is 1. The number of aromatic nitrogens is 2. The van der Waals surface area contributed by atoms with Crippen LogP contribution in [-0.4, -0.2) is 41.0 Å². The molecule has 0 atom stereocenters. The van der Waals surface area contributed by atoms with Crippen LogP contribution in [0.4, 0.5) is 5.13 Å². The predicted molar refractivity (Wildman–Crippen MR) is 106 cm³/mol. The van der Waals surface area contributed by atoms with Gasteiger partial charge in [-0.1, -0.05) is 46.8 Å². The molecule has 2 aromatic heterocycles. The number of benzene rings is 1. The van der Waals surface area contributed by atoms with E-state index in [-0.39, 0.29) is 11.8 Å². The average molecular weight is 396 g/mol. The normalized spacial score (nSPS) is 14.5. The Morgan fingerprint density at radius 1 is 1.21 bits per heavy atom. The van der Waals surface area contributed by atoms with Crippen LogP contribution in [0, 0.1) is 6.92 Å². The number of hydrogen-bond donors (Lipinski definition) is 1. The van der Waals surface area contributed by atoms with Crippen LogP contribution < -0.4 is 5.32 Å². The van der Waals surface area contributed by atoms with E-state index < -0.39 is 5.41 Å². The molecule has 0 unspecified atom stereocenters. The van der Waals surface area contributed by atoms with Gasteiger partial charge in [0.15, 0.2) is 10.9 Å². The van der Waals surface area contributed by atoms with Gasteiger partial charge in [-0.15, -0.1) is 0 Å². The van der Waals surface area contributed by atoms with Crippen LogP contribution in [0.1, 0.15) is 33.9 Å². The van der Waals surface area contributed by atoms with E-state index in [1.165, 1.54) is 16.2 Å². The van der Waals surface area contributed by atoms with Gasteiger partial charge in [0.2, 0.25) is 5.91 Å². The van der Waals surface area contributed by atoms with Gasteiger partial charge in [-0.05, 0) is 19.8 Å². The van der Waals surface area contributed by atoms with Crippen LogP contribution in [0.3, 0.4) is 0 Å². The van der Waals surface area contributed by atoms with Crippen molar-refractivity contribution in [3.05, 3.63) is 52.7 Å². The Hall–Kier alpha value is -3.00. The zero-order chi connectivity index (χ0) is 19.9. The van der Waals surface area contributed by atoms with Gasteiger partial charge < -0.3 is 14.7 Å². The van der Waals surface area contributed by atoms with Crippen molar-refractivity contribution in [1.29, 1.82) is 0 Å². The fourth-order valence-corrected chi connectivity index (χ4v) is 4.01. The molecule has 2 heterocycles. The molecule has 0 saturated heterocycles. The van der Waals surface area contributed by atoms with Gasteiger partial charge in [0, 0.05) is 25.7 Å². The molecule has 1 fully saturated rings. The third kappa shape index (κ3) is 3.20. The van der Waals surface area contributed by atoms with E-state index in [2.05, 4.69) is 15.5 Å². The topological polar surface area (TPSA) is 88.3 Å². The van der Waals surface area contributed by atoms with E-state index >= 15 is 0 Å². The molecule has 1 saturated carbocycles. The zero-order valence-corrected chi connectivity index (χ0v) is 16.7. The van der Waals surface area contributed by atoms with Gasteiger partial charge in [-0.25, -0.2) is 4.98 Å². The Morgan fingerprint density at radius 3 is 2.57 bits per heavy atom. The zero-order valence-electron chi connectivity index (χ0n) is 15.9. The van der Waals surface area contributed by atoms with Crippen LogP contribution in [-0.2, 0) is 10.2 Å². The lowest BCUT2D eigenvalue weighted by Gasteiger charge is -2.10. The van der Waals surface area contributed by atoms with E-state index in [1.807, 2.05) is 36.4 Å². The molecule has 28 heavy (non-hydrogen) atoms. The lowest BCUT2D eigenvalue weighted by atomic mass is 10.0. The van der Waals surface area contributed by atoms with Crippen molar-refractivity contribution in [1.82, 2.24) is 15.0 Å². The fraction of sp³-hybridized carbons (Fsp3) is 0.300. The summed E-state index contributed by atoms with van der Waals surface area (Å²) in [7, 11) is 3.38. The molecule has 0 radical (unpaired) electrons. The van der Waals surface area contributed by atoms with Crippen LogP contribution in [0.5, 0.6) is 0 Å². The maximum Gasteiger partial charge on any atom is 0.265 e. The molecule has 1 aliphatic rings. The summed E-state index contributed by atoms with van der Waals surface area (Å²) in [6.07, 6.45) is 1.40. The first-order valence-corrected chi connectivity index (χ1v) is 9.75. The first kappa shape index (κ1) is 18.4. The lowest BCUT2D eigenvalue weighted by molar-refractivity contribution is -0.118. The van der Waals surface area contributed by atoms with Crippen molar-refractivity contribution in [3.63, 3.8) is 0 Å². The largest absolute Gasteiger partial charge is 0.356 e. The van der Waals surface area contributed by atoms with E-state index in [4.69, 9.17) is 4.52 Å². The van der Waals surface area contributed by atoms with Crippen molar-refractivity contribution >= 4 is 28.3 Å². The second kappa shape index (κ2) is 6.87. The van der Waals surface area contributed by atoms with Crippen molar-refractivity contribution in [2.24, 2.45) is 0 Å². The highest BCUT2D eigenvalue weighted by molar-refractivity contribution is 7.17. The fourth-order valence-electron chi connectivity index (χ4n) is 3.03. The van der Waals surface area contributed by atoms with Gasteiger partial charge in [-0.2, -0.15) is 0 Å². The summed E-state index contributed by atoms with van der Waals surface area (Å²) in [4.78, 5) is 31.5. The van der Waals surface area contributed by atoms with Crippen LogP contribution in [0.2, 0.25) is 0 Å². The Labute approximate surface area is 166 Å². The van der Waals surface area contributed by atoms with E-state index in [9.17, 15) is 9.59 Å². The van der Waals surface area contributed by atoms with Crippen LogP contribution in [0.25, 0.3) is 11.3 Å². The minimum Gasteiger partial charge on any atom is -0.356 e. The van der Waals surface area contributed by atoms with Crippen LogP contribution >= 0.6 is 11.3 Å². The highest BCUT2D eigenvalue weighted by Gasteiger charge is 2.54. The van der Waals surface area contributed by atoms with Gasteiger partial charge in [0.1, 0.15) is 4.88 Å². The molecule has 0 bridgehead atoms. The molecular weight excluding hydrogens is 376 g/mol. The maximum absolute atomic E-state index is 12.9. The highest BCUT2D eigenvalue weighted by atomic mass is 32.1. The first-order valence-electron chi connectivity index (χ1n) is 8.94. The quantitative estimate of drug-likeness (QED) is 0.713. The molecule has 1 aliphatic carbocycles. The van der Waals surface area contributed by atoms with Crippen LogP contribution in [0.15, 0.2) is 40.9 Å². The molecular formula is C20H20N4O3S. The predicted octanol–water partition coefficient (Wildman–Crippen LogP) is 3.48. The number of amides is 2. The number of aryl methyl sites for hydroxylation is 1. The molecule has 2 amide bonds. The Balaban J connectivity index is 1.54. The standard InChI is InChI=1S/C20H20N4O3S/c1-12-16(17(25)24(2)3)28-19(21-12)22-18(26)20(9-10-20)15-11-14(27-23-15)13-7-5-4-6-8-13/h4-8,11H,9-10H2,1-3H3,(H,21,22,26). The molecule has 0 aliphatic heterocycles. The maximum atomic E-state index is 12.9. The highest BCUT2D eigenvalue weighted by Crippen LogP contribution is 2.49. The summed E-state index contributed by atoms with van der Waals surface area (Å²) >= 11 is 1.19. The lowest BCUT2D eigenvalue weighted by Crippen LogP contribution is -2.28. The minimum atomic E-state index is -0.693. The summed E-state index contributed by atoms with van der Waals surface area (Å²) in [5.74, 6) is 0.345. The summed E-state index contributed by atoms with van der Waals surface area (Å²) in [5, 5.41) is 7.44.